The Morgan fingerprint density at radius 2 is 1.91 bits per heavy atom. The van der Waals surface area contributed by atoms with E-state index in [0.717, 1.165) is 44.8 Å². The molecule has 1 aromatic carbocycles. The molecular formula is C18H15N3OS. The van der Waals surface area contributed by atoms with Crippen molar-refractivity contribution < 1.29 is 5.11 Å². The van der Waals surface area contributed by atoms with Gasteiger partial charge >= 0.3 is 0 Å². The molecule has 4 rings (SSSR count). The van der Waals surface area contributed by atoms with Gasteiger partial charge in [0, 0.05) is 16.7 Å². The fourth-order valence-electron chi connectivity index (χ4n) is 2.79. The summed E-state index contributed by atoms with van der Waals surface area (Å²) in [7, 11) is 0. The van der Waals surface area contributed by atoms with Crippen molar-refractivity contribution in [2.24, 2.45) is 4.99 Å². The first-order valence-electron chi connectivity index (χ1n) is 7.52. The first-order valence-corrected chi connectivity index (χ1v) is 8.34. The van der Waals surface area contributed by atoms with Gasteiger partial charge in [0.2, 0.25) is 5.88 Å². The molecule has 1 aliphatic heterocycles. The maximum atomic E-state index is 10.3. The van der Waals surface area contributed by atoms with Crippen molar-refractivity contribution in [3.63, 3.8) is 0 Å². The summed E-state index contributed by atoms with van der Waals surface area (Å²) in [4.78, 5) is 14.4. The zero-order valence-corrected chi connectivity index (χ0v) is 13.5. The van der Waals surface area contributed by atoms with Crippen molar-refractivity contribution in [3.8, 4) is 17.0 Å². The second-order valence-electron chi connectivity index (χ2n) is 5.43. The van der Waals surface area contributed by atoms with E-state index in [1.165, 1.54) is 11.3 Å². The summed E-state index contributed by atoms with van der Waals surface area (Å²) in [5.74, 6) is 0.517. The molecule has 0 saturated carbocycles. The summed E-state index contributed by atoms with van der Waals surface area (Å²) < 4.78 is 0.727. The van der Waals surface area contributed by atoms with Crippen molar-refractivity contribution in [1.29, 1.82) is 0 Å². The summed E-state index contributed by atoms with van der Waals surface area (Å²) in [5, 5.41) is 10.3. The zero-order chi connectivity index (χ0) is 15.8. The lowest BCUT2D eigenvalue weighted by Crippen LogP contribution is -1.97. The van der Waals surface area contributed by atoms with Gasteiger partial charge in [-0.25, -0.2) is 4.98 Å². The van der Waals surface area contributed by atoms with E-state index in [9.17, 15) is 5.11 Å². The van der Waals surface area contributed by atoms with Gasteiger partial charge in [-0.1, -0.05) is 36.4 Å². The third-order valence-corrected chi connectivity index (χ3v) is 4.94. The summed E-state index contributed by atoms with van der Waals surface area (Å²) in [5.41, 5.74) is 3.69. The Kier molecular flexibility index (Phi) is 3.42. The number of fused-ring (bicyclic) bond motifs is 1. The fourth-order valence-corrected chi connectivity index (χ4v) is 3.80. The van der Waals surface area contributed by atoms with Crippen LogP contribution in [0.25, 0.3) is 27.0 Å². The largest absolute Gasteiger partial charge is 0.492 e. The number of allylic oxidation sites excluding steroid dienone is 1. The average molecular weight is 321 g/mol. The highest BCUT2D eigenvalue weighted by atomic mass is 32.1. The van der Waals surface area contributed by atoms with Gasteiger partial charge < -0.3 is 5.11 Å². The number of thiophene rings is 1. The molecule has 0 radical (unpaired) electrons. The predicted octanol–water partition coefficient (Wildman–Crippen LogP) is 4.58. The number of aromatic nitrogens is 2. The van der Waals surface area contributed by atoms with Crippen LogP contribution in [0.3, 0.4) is 0 Å². The summed E-state index contributed by atoms with van der Waals surface area (Å²) in [6, 6.07) is 10.1. The summed E-state index contributed by atoms with van der Waals surface area (Å²) in [6.07, 6.45) is 5.75. The van der Waals surface area contributed by atoms with Gasteiger partial charge in [-0.3, -0.25) is 4.99 Å². The SMILES string of the molecule is Cc1sc2c(O)nc(C3=CCCC=N3)nc2c1-c1ccccc1. The third-order valence-electron chi connectivity index (χ3n) is 3.85. The fraction of sp³-hybridized carbons (Fsp3) is 0.167. The van der Waals surface area contributed by atoms with Crippen molar-refractivity contribution >= 4 is 33.5 Å². The van der Waals surface area contributed by atoms with Crippen LogP contribution in [0.4, 0.5) is 0 Å². The van der Waals surface area contributed by atoms with Gasteiger partial charge in [-0.15, -0.1) is 11.3 Å². The molecule has 0 unspecified atom stereocenters. The number of aliphatic imine (C=N–C) groups is 1. The van der Waals surface area contributed by atoms with Gasteiger partial charge in [0.15, 0.2) is 5.82 Å². The minimum atomic E-state index is 0.0296. The Hall–Kier alpha value is -2.53. The second kappa shape index (κ2) is 5.59. The van der Waals surface area contributed by atoms with Crippen LogP contribution in [0.1, 0.15) is 23.5 Å². The summed E-state index contributed by atoms with van der Waals surface area (Å²) >= 11 is 1.52. The van der Waals surface area contributed by atoms with E-state index in [1.54, 1.807) is 0 Å². The monoisotopic (exact) mass is 321 g/mol. The number of aryl methyl sites for hydroxylation is 1. The molecule has 0 amide bonds. The van der Waals surface area contributed by atoms with Crippen LogP contribution in [0, 0.1) is 6.92 Å². The number of rotatable bonds is 2. The molecule has 0 aliphatic carbocycles. The molecule has 3 heterocycles. The zero-order valence-electron chi connectivity index (χ0n) is 12.7. The molecule has 114 valence electrons. The van der Waals surface area contributed by atoms with E-state index in [2.05, 4.69) is 22.1 Å². The minimum Gasteiger partial charge on any atom is -0.492 e. The normalized spacial score (nSPS) is 14.2. The van der Waals surface area contributed by atoms with Crippen molar-refractivity contribution in [2.75, 3.05) is 0 Å². The lowest BCUT2D eigenvalue weighted by atomic mass is 10.1. The van der Waals surface area contributed by atoms with E-state index in [4.69, 9.17) is 4.98 Å². The molecule has 2 aromatic heterocycles. The number of aromatic hydroxyl groups is 1. The van der Waals surface area contributed by atoms with Gasteiger partial charge in [-0.2, -0.15) is 4.98 Å². The topological polar surface area (TPSA) is 58.4 Å². The van der Waals surface area contributed by atoms with E-state index in [0.29, 0.717) is 5.82 Å². The van der Waals surface area contributed by atoms with E-state index in [1.807, 2.05) is 37.4 Å². The molecule has 0 bridgehead atoms. The first-order chi connectivity index (χ1) is 11.2. The molecule has 3 aromatic rings. The van der Waals surface area contributed by atoms with E-state index in [-0.39, 0.29) is 5.88 Å². The Morgan fingerprint density at radius 3 is 2.65 bits per heavy atom. The van der Waals surface area contributed by atoms with Crippen molar-refractivity contribution in [3.05, 3.63) is 47.1 Å². The highest BCUT2D eigenvalue weighted by Crippen LogP contribution is 2.41. The molecule has 0 spiro atoms. The maximum absolute atomic E-state index is 10.3. The number of nitrogens with zero attached hydrogens (tertiary/aromatic N) is 3. The minimum absolute atomic E-state index is 0.0296. The number of benzene rings is 1. The lowest BCUT2D eigenvalue weighted by Gasteiger charge is -2.07. The average Bonchev–Trinajstić information content (AvgIpc) is 2.93. The van der Waals surface area contributed by atoms with Crippen LogP contribution in [-0.2, 0) is 0 Å². The Labute approximate surface area is 137 Å². The van der Waals surface area contributed by atoms with Crippen LogP contribution in [0.15, 0.2) is 41.4 Å². The predicted molar refractivity (Wildman–Crippen MR) is 95.0 cm³/mol. The molecule has 0 fully saturated rings. The molecule has 23 heavy (non-hydrogen) atoms. The molecule has 0 atom stereocenters. The summed E-state index contributed by atoms with van der Waals surface area (Å²) in [6.45, 7) is 2.05. The van der Waals surface area contributed by atoms with Crippen LogP contribution >= 0.6 is 11.3 Å². The molecule has 4 nitrogen and oxygen atoms in total. The lowest BCUT2D eigenvalue weighted by molar-refractivity contribution is 0.459. The third kappa shape index (κ3) is 2.43. The van der Waals surface area contributed by atoms with Gasteiger partial charge in [0.25, 0.3) is 0 Å². The standard InChI is InChI=1S/C18H15N3OS/c1-11-14(12-7-3-2-4-8-12)15-16(23-11)18(22)21-17(20-15)13-9-5-6-10-19-13/h2-4,7-10H,5-6H2,1H3,(H,20,21,22). The van der Waals surface area contributed by atoms with Crippen LogP contribution in [0.2, 0.25) is 0 Å². The maximum Gasteiger partial charge on any atom is 0.233 e. The first kappa shape index (κ1) is 14.1. The van der Waals surface area contributed by atoms with Gasteiger partial charge in [-0.05, 0) is 25.3 Å². The number of hydrogen-bond acceptors (Lipinski definition) is 5. The van der Waals surface area contributed by atoms with E-state index >= 15 is 0 Å². The van der Waals surface area contributed by atoms with Crippen molar-refractivity contribution in [1.82, 2.24) is 9.97 Å². The van der Waals surface area contributed by atoms with Gasteiger partial charge in [0.1, 0.15) is 10.4 Å². The molecule has 1 aliphatic rings. The van der Waals surface area contributed by atoms with E-state index < -0.39 is 0 Å². The Morgan fingerprint density at radius 1 is 1.09 bits per heavy atom. The van der Waals surface area contributed by atoms with Crippen molar-refractivity contribution in [2.45, 2.75) is 19.8 Å². The molecule has 5 heteroatoms. The van der Waals surface area contributed by atoms with Gasteiger partial charge in [0.05, 0.1) is 5.52 Å². The van der Waals surface area contributed by atoms with Crippen LogP contribution in [-0.4, -0.2) is 21.3 Å². The van der Waals surface area contributed by atoms with Crippen LogP contribution < -0.4 is 0 Å². The smallest absolute Gasteiger partial charge is 0.233 e. The Balaban J connectivity index is 1.97. The second-order valence-corrected chi connectivity index (χ2v) is 6.65. The molecule has 0 saturated heterocycles. The molecular weight excluding hydrogens is 306 g/mol. The Bertz CT molecular complexity index is 942. The molecule has 1 N–H and O–H groups in total. The van der Waals surface area contributed by atoms with Crippen LogP contribution in [0.5, 0.6) is 5.88 Å². The number of hydrogen-bond donors (Lipinski definition) is 1. The highest BCUT2D eigenvalue weighted by Gasteiger charge is 2.19. The highest BCUT2D eigenvalue weighted by molar-refractivity contribution is 7.20. The quantitative estimate of drug-likeness (QED) is 0.751.